The van der Waals surface area contributed by atoms with Crippen LogP contribution in [-0.2, 0) is 4.74 Å². The Bertz CT molecular complexity index is 414. The monoisotopic (exact) mass is 209 g/mol. The molecule has 5 heteroatoms. The van der Waals surface area contributed by atoms with E-state index in [1.807, 2.05) is 0 Å². The van der Waals surface area contributed by atoms with Crippen LogP contribution in [0.1, 0.15) is 24.3 Å². The zero-order chi connectivity index (χ0) is 11.1. The Kier molecular flexibility index (Phi) is 2.03. The summed E-state index contributed by atoms with van der Waals surface area (Å²) in [6.45, 7) is 3.31. The van der Waals surface area contributed by atoms with Gasteiger partial charge in [0.1, 0.15) is 0 Å². The Morgan fingerprint density at radius 3 is 2.80 bits per heavy atom. The van der Waals surface area contributed by atoms with Gasteiger partial charge in [-0.05, 0) is 0 Å². The van der Waals surface area contributed by atoms with E-state index in [1.54, 1.807) is 19.9 Å². The molecule has 0 saturated carbocycles. The number of carbonyl (C=O) groups excluding carboxylic acids is 1. The van der Waals surface area contributed by atoms with Gasteiger partial charge in [0.25, 0.3) is 0 Å². The number of aromatic nitrogens is 1. The lowest BCUT2D eigenvalue weighted by atomic mass is 10.2. The summed E-state index contributed by atoms with van der Waals surface area (Å²) in [4.78, 5) is 15.4. The van der Waals surface area contributed by atoms with Gasteiger partial charge in [0.05, 0.1) is 7.11 Å². The van der Waals surface area contributed by atoms with Crippen LogP contribution in [0.25, 0.3) is 0 Å². The first kappa shape index (κ1) is 9.76. The molecule has 2 rings (SSSR count). The molecule has 1 aromatic rings. The minimum atomic E-state index is -0.986. The van der Waals surface area contributed by atoms with Gasteiger partial charge in [-0.3, -0.25) is 0 Å². The Balaban J connectivity index is 2.55. The van der Waals surface area contributed by atoms with Crippen molar-refractivity contribution >= 4 is 5.97 Å². The molecule has 0 atom stereocenters. The predicted octanol–water partition coefficient (Wildman–Crippen LogP) is 1.38. The van der Waals surface area contributed by atoms with Crippen LogP contribution >= 0.6 is 0 Å². The first-order valence-corrected chi connectivity index (χ1v) is 4.49. The molecule has 0 saturated heterocycles. The molecule has 1 aliphatic heterocycles. The molecule has 1 aliphatic rings. The maximum absolute atomic E-state index is 11.5. The van der Waals surface area contributed by atoms with Crippen LogP contribution in [0.3, 0.4) is 0 Å². The molecule has 0 bridgehead atoms. The van der Waals surface area contributed by atoms with E-state index in [-0.39, 0.29) is 5.69 Å². The highest BCUT2D eigenvalue weighted by Crippen LogP contribution is 2.37. The molecule has 0 radical (unpaired) electrons. The molecule has 0 aromatic carbocycles. The maximum Gasteiger partial charge on any atom is 0.364 e. The number of nitrogens with zero attached hydrogens (tertiary/aromatic N) is 1. The minimum Gasteiger partial charge on any atom is -0.493 e. The first-order chi connectivity index (χ1) is 7.03. The SMILES string of the molecule is COc1ccnc2c1OC(C)(C)OC2=O. The molecular weight excluding hydrogens is 198 g/mol. The summed E-state index contributed by atoms with van der Waals surface area (Å²) in [6.07, 6.45) is 1.47. The van der Waals surface area contributed by atoms with Crippen molar-refractivity contribution in [2.24, 2.45) is 0 Å². The molecule has 80 valence electrons. The zero-order valence-electron chi connectivity index (χ0n) is 8.73. The highest BCUT2D eigenvalue weighted by atomic mass is 16.7. The number of cyclic esters (lactones) is 1. The number of methoxy groups -OCH3 is 1. The van der Waals surface area contributed by atoms with Crippen LogP contribution in [0.4, 0.5) is 0 Å². The van der Waals surface area contributed by atoms with E-state index in [9.17, 15) is 4.79 Å². The Labute approximate surface area is 87.0 Å². The molecule has 2 heterocycles. The first-order valence-electron chi connectivity index (χ1n) is 4.49. The molecule has 0 N–H and O–H groups in total. The summed E-state index contributed by atoms with van der Waals surface area (Å²) in [5.41, 5.74) is 0.147. The van der Waals surface area contributed by atoms with E-state index in [4.69, 9.17) is 14.2 Å². The molecule has 0 spiro atoms. The van der Waals surface area contributed by atoms with Gasteiger partial charge in [-0.25, -0.2) is 9.78 Å². The third-order valence-electron chi connectivity index (χ3n) is 1.97. The molecule has 0 fully saturated rings. The number of hydrogen-bond donors (Lipinski definition) is 0. The van der Waals surface area contributed by atoms with Gasteiger partial charge in [0, 0.05) is 26.1 Å². The van der Waals surface area contributed by atoms with Gasteiger partial charge in [-0.15, -0.1) is 0 Å². The quantitative estimate of drug-likeness (QED) is 0.654. The number of esters is 1. The predicted molar refractivity (Wildman–Crippen MR) is 50.9 cm³/mol. The van der Waals surface area contributed by atoms with E-state index in [2.05, 4.69) is 4.98 Å². The molecule has 0 amide bonds. The molecular formula is C10H11NO4. The molecule has 5 nitrogen and oxygen atoms in total. The fraction of sp³-hybridized carbons (Fsp3) is 0.400. The Hall–Kier alpha value is -1.78. The average molecular weight is 209 g/mol. The third kappa shape index (κ3) is 1.60. The standard InChI is InChI=1S/C10H11NO4/c1-10(2)14-8-6(13-3)4-5-11-7(8)9(12)15-10/h4-5H,1-3H3. The van der Waals surface area contributed by atoms with Crippen LogP contribution in [-0.4, -0.2) is 23.9 Å². The van der Waals surface area contributed by atoms with Crippen molar-refractivity contribution in [3.05, 3.63) is 18.0 Å². The summed E-state index contributed by atoms with van der Waals surface area (Å²) in [5, 5.41) is 0. The second-order valence-electron chi connectivity index (χ2n) is 3.58. The number of hydrogen-bond acceptors (Lipinski definition) is 5. The number of rotatable bonds is 1. The van der Waals surface area contributed by atoms with Gasteiger partial charge < -0.3 is 14.2 Å². The molecule has 0 unspecified atom stereocenters. The normalized spacial score (nSPS) is 17.4. The van der Waals surface area contributed by atoms with Crippen molar-refractivity contribution in [2.75, 3.05) is 7.11 Å². The fourth-order valence-corrected chi connectivity index (χ4v) is 1.37. The van der Waals surface area contributed by atoms with Crippen molar-refractivity contribution in [1.29, 1.82) is 0 Å². The van der Waals surface area contributed by atoms with Gasteiger partial charge in [-0.1, -0.05) is 0 Å². The summed E-state index contributed by atoms with van der Waals surface area (Å²) in [7, 11) is 1.51. The Morgan fingerprint density at radius 1 is 1.40 bits per heavy atom. The van der Waals surface area contributed by atoms with Crippen LogP contribution < -0.4 is 9.47 Å². The molecule has 1 aromatic heterocycles. The maximum atomic E-state index is 11.5. The highest BCUT2D eigenvalue weighted by molar-refractivity contribution is 5.92. The van der Waals surface area contributed by atoms with E-state index in [0.29, 0.717) is 11.5 Å². The van der Waals surface area contributed by atoms with Crippen LogP contribution in [0.2, 0.25) is 0 Å². The van der Waals surface area contributed by atoms with Crippen LogP contribution in [0.5, 0.6) is 11.5 Å². The van der Waals surface area contributed by atoms with E-state index < -0.39 is 11.8 Å². The van der Waals surface area contributed by atoms with Crippen molar-refractivity contribution in [2.45, 2.75) is 19.6 Å². The number of fused-ring (bicyclic) bond motifs is 1. The van der Waals surface area contributed by atoms with Gasteiger partial charge in [0.2, 0.25) is 5.79 Å². The van der Waals surface area contributed by atoms with E-state index >= 15 is 0 Å². The second kappa shape index (κ2) is 3.12. The molecule has 0 aliphatic carbocycles. The minimum absolute atomic E-state index is 0.147. The van der Waals surface area contributed by atoms with Gasteiger partial charge >= 0.3 is 5.97 Å². The van der Waals surface area contributed by atoms with Crippen LogP contribution in [0, 0.1) is 0 Å². The molecule has 15 heavy (non-hydrogen) atoms. The fourth-order valence-electron chi connectivity index (χ4n) is 1.37. The third-order valence-corrected chi connectivity index (χ3v) is 1.97. The Morgan fingerprint density at radius 2 is 2.13 bits per heavy atom. The summed E-state index contributed by atoms with van der Waals surface area (Å²) in [6, 6.07) is 1.63. The largest absolute Gasteiger partial charge is 0.493 e. The average Bonchev–Trinajstić information content (AvgIpc) is 2.15. The summed E-state index contributed by atoms with van der Waals surface area (Å²) < 4.78 is 15.6. The van der Waals surface area contributed by atoms with Crippen LogP contribution in [0.15, 0.2) is 12.3 Å². The topological polar surface area (TPSA) is 57.6 Å². The lowest BCUT2D eigenvalue weighted by molar-refractivity contribution is -0.129. The van der Waals surface area contributed by atoms with E-state index in [1.165, 1.54) is 13.3 Å². The lowest BCUT2D eigenvalue weighted by Crippen LogP contribution is -2.39. The number of carbonyl (C=O) groups is 1. The van der Waals surface area contributed by atoms with Crippen molar-refractivity contribution < 1.29 is 19.0 Å². The summed E-state index contributed by atoms with van der Waals surface area (Å²) in [5.74, 6) is -0.674. The van der Waals surface area contributed by atoms with Crippen molar-refractivity contribution in [3.63, 3.8) is 0 Å². The number of pyridine rings is 1. The summed E-state index contributed by atoms with van der Waals surface area (Å²) >= 11 is 0. The van der Waals surface area contributed by atoms with Crippen molar-refractivity contribution in [1.82, 2.24) is 4.98 Å². The van der Waals surface area contributed by atoms with Gasteiger partial charge in [-0.2, -0.15) is 0 Å². The zero-order valence-corrected chi connectivity index (χ0v) is 8.73. The second-order valence-corrected chi connectivity index (χ2v) is 3.58. The van der Waals surface area contributed by atoms with Crippen molar-refractivity contribution in [3.8, 4) is 11.5 Å². The number of ether oxygens (including phenoxy) is 3. The van der Waals surface area contributed by atoms with Gasteiger partial charge in [0.15, 0.2) is 17.2 Å². The lowest BCUT2D eigenvalue weighted by Gasteiger charge is -2.31. The smallest absolute Gasteiger partial charge is 0.364 e. The highest BCUT2D eigenvalue weighted by Gasteiger charge is 2.36. The van der Waals surface area contributed by atoms with E-state index in [0.717, 1.165) is 0 Å².